The van der Waals surface area contributed by atoms with Gasteiger partial charge < -0.3 is 15.5 Å². The van der Waals surface area contributed by atoms with E-state index in [2.05, 4.69) is 4.98 Å². The van der Waals surface area contributed by atoms with E-state index < -0.39 is 51.4 Å². The van der Waals surface area contributed by atoms with Crippen LogP contribution in [0.1, 0.15) is 6.42 Å². The van der Waals surface area contributed by atoms with Crippen molar-refractivity contribution >= 4 is 29.1 Å². The average Bonchev–Trinajstić information content (AvgIpc) is 2.36. The van der Waals surface area contributed by atoms with Crippen molar-refractivity contribution in [1.29, 1.82) is 0 Å². The summed E-state index contributed by atoms with van der Waals surface area (Å²) in [6.07, 6.45) is -0.0238. The fraction of sp³-hybridized carbons (Fsp3) is 0.222. The van der Waals surface area contributed by atoms with Crippen molar-refractivity contribution < 1.29 is 29.6 Å². The van der Waals surface area contributed by atoms with Crippen LogP contribution in [0.3, 0.4) is 0 Å². The number of nitro groups is 2. The fourth-order valence-corrected chi connectivity index (χ4v) is 1.42. The van der Waals surface area contributed by atoms with Gasteiger partial charge in [-0.05, 0) is 0 Å². The monoisotopic (exact) mass is 300 g/mol. The Bertz CT molecular complexity index is 616. The third kappa shape index (κ3) is 3.82. The minimum Gasteiger partial charge on any atom is -0.481 e. The molecule has 0 amide bonds. The Labute approximate surface area is 115 Å². The van der Waals surface area contributed by atoms with Crippen LogP contribution in [0.5, 0.6) is 0 Å². The van der Waals surface area contributed by atoms with Crippen molar-refractivity contribution in [3.05, 3.63) is 32.5 Å². The highest BCUT2D eigenvalue weighted by Crippen LogP contribution is 2.32. The van der Waals surface area contributed by atoms with Crippen LogP contribution in [0.2, 0.25) is 0 Å². The highest BCUT2D eigenvalue weighted by atomic mass is 16.6. The molecular weight excluding hydrogens is 292 g/mol. The van der Waals surface area contributed by atoms with E-state index in [-0.39, 0.29) is 0 Å². The molecule has 12 heteroatoms. The summed E-state index contributed by atoms with van der Waals surface area (Å²) in [5.74, 6) is -3.76. The van der Waals surface area contributed by atoms with E-state index in [0.717, 1.165) is 12.3 Å². The smallest absolute Gasteiger partial charge is 0.387 e. The summed E-state index contributed by atoms with van der Waals surface area (Å²) < 4.78 is 0. The van der Waals surface area contributed by atoms with Crippen LogP contribution < -0.4 is 5.32 Å². The molecule has 12 nitrogen and oxygen atoms in total. The first-order valence-electron chi connectivity index (χ1n) is 5.23. The third-order valence-electron chi connectivity index (χ3n) is 2.27. The molecule has 0 aliphatic heterocycles. The molecule has 112 valence electrons. The molecule has 0 fully saturated rings. The normalized spacial score (nSPS) is 11.4. The molecule has 0 saturated heterocycles. The van der Waals surface area contributed by atoms with Crippen LogP contribution in [0.4, 0.5) is 17.2 Å². The van der Waals surface area contributed by atoms with E-state index in [1.54, 1.807) is 0 Å². The zero-order valence-corrected chi connectivity index (χ0v) is 10.1. The van der Waals surface area contributed by atoms with Gasteiger partial charge in [0.1, 0.15) is 6.04 Å². The molecule has 0 aliphatic carbocycles. The Hall–Kier alpha value is -3.31. The second-order valence-corrected chi connectivity index (χ2v) is 3.67. The SMILES string of the molecule is O=C(O)C[C@H](Nc1nccc([N+](=O)[O-])c1[N+](=O)[O-])C(=O)O. The van der Waals surface area contributed by atoms with Gasteiger partial charge >= 0.3 is 23.3 Å². The predicted molar refractivity (Wildman–Crippen MR) is 64.8 cm³/mol. The molecule has 0 saturated carbocycles. The zero-order valence-electron chi connectivity index (χ0n) is 10.1. The van der Waals surface area contributed by atoms with Crippen molar-refractivity contribution in [1.82, 2.24) is 4.98 Å². The van der Waals surface area contributed by atoms with E-state index in [1.165, 1.54) is 0 Å². The lowest BCUT2D eigenvalue weighted by Gasteiger charge is -2.12. The molecular formula is C9H8N4O8. The fourth-order valence-electron chi connectivity index (χ4n) is 1.42. The number of carbonyl (C=O) groups is 2. The molecule has 0 spiro atoms. The van der Waals surface area contributed by atoms with Gasteiger partial charge in [-0.25, -0.2) is 9.78 Å². The zero-order chi connectivity index (χ0) is 16.2. The number of nitrogens with zero attached hydrogens (tertiary/aromatic N) is 3. The number of aromatic nitrogens is 1. The number of pyridine rings is 1. The maximum atomic E-state index is 10.9. The number of hydrogen-bond donors (Lipinski definition) is 3. The standard InChI is InChI=1S/C9H8N4O8/c14-6(15)3-4(9(16)17)11-8-7(13(20)21)5(12(18)19)1-2-10-8/h1-2,4H,3H2,(H,10,11)(H,14,15)(H,16,17)/t4-/m0/s1. The molecule has 3 N–H and O–H groups in total. The number of carboxylic acid groups (broad SMARTS) is 2. The maximum Gasteiger partial charge on any atom is 0.387 e. The Kier molecular flexibility index (Phi) is 4.67. The maximum absolute atomic E-state index is 10.9. The van der Waals surface area contributed by atoms with Gasteiger partial charge in [0, 0.05) is 12.3 Å². The molecule has 0 aliphatic rings. The van der Waals surface area contributed by atoms with E-state index >= 15 is 0 Å². The van der Waals surface area contributed by atoms with Gasteiger partial charge in [0.05, 0.1) is 16.3 Å². The lowest BCUT2D eigenvalue weighted by molar-refractivity contribution is -0.422. The second kappa shape index (κ2) is 6.23. The molecule has 0 unspecified atom stereocenters. The number of anilines is 1. The Balaban J connectivity index is 3.26. The Morgan fingerprint density at radius 1 is 1.29 bits per heavy atom. The van der Waals surface area contributed by atoms with E-state index in [4.69, 9.17) is 10.2 Å². The number of carboxylic acids is 2. The first-order chi connectivity index (χ1) is 9.73. The molecule has 0 bridgehead atoms. The van der Waals surface area contributed by atoms with Gasteiger partial charge in [-0.2, -0.15) is 0 Å². The van der Waals surface area contributed by atoms with Crippen LogP contribution in [-0.2, 0) is 9.59 Å². The summed E-state index contributed by atoms with van der Waals surface area (Å²) in [5, 5.41) is 41.0. The van der Waals surface area contributed by atoms with Crippen LogP contribution in [0.15, 0.2) is 12.3 Å². The molecule has 0 aromatic carbocycles. The number of nitrogens with one attached hydrogen (secondary N) is 1. The lowest BCUT2D eigenvalue weighted by Crippen LogP contribution is -2.32. The molecule has 1 atom stereocenters. The largest absolute Gasteiger partial charge is 0.481 e. The van der Waals surface area contributed by atoms with Gasteiger partial charge in [0.2, 0.25) is 5.82 Å². The lowest BCUT2D eigenvalue weighted by atomic mass is 10.2. The first-order valence-corrected chi connectivity index (χ1v) is 5.23. The van der Waals surface area contributed by atoms with E-state index in [0.29, 0.717) is 0 Å². The van der Waals surface area contributed by atoms with Crippen LogP contribution in [-0.4, -0.2) is 43.0 Å². The topological polar surface area (TPSA) is 186 Å². The van der Waals surface area contributed by atoms with Crippen molar-refractivity contribution in [2.75, 3.05) is 5.32 Å². The third-order valence-corrected chi connectivity index (χ3v) is 2.27. The minimum absolute atomic E-state index is 0.692. The molecule has 1 aromatic rings. The van der Waals surface area contributed by atoms with Crippen LogP contribution in [0, 0.1) is 20.2 Å². The highest BCUT2D eigenvalue weighted by molar-refractivity contribution is 5.84. The van der Waals surface area contributed by atoms with Gasteiger partial charge in [-0.3, -0.25) is 25.0 Å². The molecule has 1 rings (SSSR count). The van der Waals surface area contributed by atoms with Gasteiger partial charge in [0.25, 0.3) is 0 Å². The number of aliphatic carboxylic acids is 2. The number of hydrogen-bond acceptors (Lipinski definition) is 8. The second-order valence-electron chi connectivity index (χ2n) is 3.67. The van der Waals surface area contributed by atoms with E-state index in [1.807, 2.05) is 5.32 Å². The highest BCUT2D eigenvalue weighted by Gasteiger charge is 2.32. The number of rotatable bonds is 7. The van der Waals surface area contributed by atoms with E-state index in [9.17, 15) is 29.8 Å². The van der Waals surface area contributed by atoms with Gasteiger partial charge in [0.15, 0.2) is 0 Å². The summed E-state index contributed by atoms with van der Waals surface area (Å²) in [6.45, 7) is 0. The quantitative estimate of drug-likeness (QED) is 0.464. The Morgan fingerprint density at radius 2 is 1.90 bits per heavy atom. The summed E-state index contributed by atoms with van der Waals surface area (Å²) in [5.41, 5.74) is -1.93. The average molecular weight is 300 g/mol. The molecule has 21 heavy (non-hydrogen) atoms. The molecule has 0 radical (unpaired) electrons. The summed E-state index contributed by atoms with van der Waals surface area (Å²) >= 11 is 0. The van der Waals surface area contributed by atoms with Crippen molar-refractivity contribution in [3.63, 3.8) is 0 Å². The van der Waals surface area contributed by atoms with Crippen molar-refractivity contribution in [2.24, 2.45) is 0 Å². The van der Waals surface area contributed by atoms with Gasteiger partial charge in [-0.1, -0.05) is 0 Å². The van der Waals surface area contributed by atoms with Crippen molar-refractivity contribution in [2.45, 2.75) is 12.5 Å². The minimum atomic E-state index is -1.73. The summed E-state index contributed by atoms with van der Waals surface area (Å²) in [7, 11) is 0. The van der Waals surface area contributed by atoms with Gasteiger partial charge in [-0.15, -0.1) is 0 Å². The first kappa shape index (κ1) is 15.7. The Morgan fingerprint density at radius 3 is 2.33 bits per heavy atom. The summed E-state index contributed by atoms with van der Waals surface area (Å²) in [4.78, 5) is 44.3. The molecule has 1 heterocycles. The predicted octanol–water partition coefficient (Wildman–Crippen LogP) is 0.238. The van der Waals surface area contributed by atoms with Crippen LogP contribution in [0.25, 0.3) is 0 Å². The molecule has 1 aromatic heterocycles. The van der Waals surface area contributed by atoms with Crippen molar-refractivity contribution in [3.8, 4) is 0 Å². The van der Waals surface area contributed by atoms with Crippen LogP contribution >= 0.6 is 0 Å². The summed E-state index contributed by atoms with van der Waals surface area (Å²) in [6, 6.07) is -0.952.